The summed E-state index contributed by atoms with van der Waals surface area (Å²) in [7, 11) is 0. The number of nitrogens with zero attached hydrogens (tertiary/aromatic N) is 1. The molecule has 7 nitrogen and oxygen atoms in total. The molecule has 2 N–H and O–H groups in total. The van der Waals surface area contributed by atoms with E-state index in [-0.39, 0.29) is 17.6 Å². The number of hydrogen-bond acceptors (Lipinski definition) is 4. The monoisotopic (exact) mass is 512 g/mol. The molecule has 3 rings (SSSR count). The maximum atomic E-state index is 12.5. The van der Waals surface area contributed by atoms with E-state index in [0.29, 0.717) is 5.39 Å². The number of alkyl carbamates (subject to hydrolysis) is 1. The summed E-state index contributed by atoms with van der Waals surface area (Å²) in [6.07, 6.45) is 4.09. The largest absolute Gasteiger partial charge is 0.477 e. The second-order valence-corrected chi connectivity index (χ2v) is 9.64. The molecule has 1 aliphatic carbocycles. The highest BCUT2D eigenvalue weighted by Crippen LogP contribution is 2.31. The number of pyridine rings is 1. The number of halogens is 1. The van der Waals surface area contributed by atoms with E-state index in [0.717, 1.165) is 34.8 Å². The lowest BCUT2D eigenvalue weighted by Crippen LogP contribution is -2.41. The number of carboxylic acids is 1. The predicted molar refractivity (Wildman–Crippen MR) is 119 cm³/mol. The summed E-state index contributed by atoms with van der Waals surface area (Å²) in [5.74, 6) is -1.22. The van der Waals surface area contributed by atoms with Crippen molar-refractivity contribution in [3.8, 4) is 0 Å². The average Bonchev–Trinajstić information content (AvgIpc) is 2.61. The Labute approximate surface area is 182 Å². The van der Waals surface area contributed by atoms with Crippen LogP contribution in [0.3, 0.4) is 0 Å². The molecule has 0 aliphatic heterocycles. The zero-order valence-electron chi connectivity index (χ0n) is 16.7. The topological polar surface area (TPSA) is 97.6 Å². The van der Waals surface area contributed by atoms with E-state index in [2.05, 4.69) is 27.9 Å². The van der Waals surface area contributed by atoms with Crippen molar-refractivity contribution in [1.82, 2.24) is 9.88 Å². The third-order valence-electron chi connectivity index (χ3n) is 5.04. The summed E-state index contributed by atoms with van der Waals surface area (Å²) >= 11 is 2.18. The number of aromatic nitrogens is 1. The lowest BCUT2D eigenvalue weighted by Gasteiger charge is -2.32. The first-order valence-electron chi connectivity index (χ1n) is 9.62. The van der Waals surface area contributed by atoms with Crippen molar-refractivity contribution < 1.29 is 19.4 Å². The Morgan fingerprint density at radius 3 is 2.45 bits per heavy atom. The Morgan fingerprint density at radius 1 is 1.21 bits per heavy atom. The van der Waals surface area contributed by atoms with Crippen LogP contribution in [0.1, 0.15) is 62.9 Å². The van der Waals surface area contributed by atoms with Crippen molar-refractivity contribution in [3.05, 3.63) is 43.8 Å². The number of fused-ring (bicyclic) bond motifs is 1. The van der Waals surface area contributed by atoms with Crippen LogP contribution in [0.4, 0.5) is 4.79 Å². The molecule has 29 heavy (non-hydrogen) atoms. The number of ether oxygens (including phenoxy) is 1. The minimum absolute atomic E-state index is 0.0193. The van der Waals surface area contributed by atoms with Gasteiger partial charge in [0.05, 0.1) is 5.52 Å². The molecule has 2 aromatic rings. The van der Waals surface area contributed by atoms with Gasteiger partial charge in [-0.15, -0.1) is 0 Å². The Balaban J connectivity index is 1.83. The molecule has 1 heterocycles. The summed E-state index contributed by atoms with van der Waals surface area (Å²) in [6, 6.07) is 5.49. The van der Waals surface area contributed by atoms with E-state index in [9.17, 15) is 19.5 Å². The Morgan fingerprint density at radius 2 is 1.86 bits per heavy atom. The molecule has 0 spiro atoms. The van der Waals surface area contributed by atoms with Gasteiger partial charge in [0.2, 0.25) is 5.43 Å². The minimum atomic E-state index is -1.22. The van der Waals surface area contributed by atoms with E-state index >= 15 is 0 Å². The summed E-state index contributed by atoms with van der Waals surface area (Å²) in [4.78, 5) is 36.1. The van der Waals surface area contributed by atoms with E-state index in [4.69, 9.17) is 4.74 Å². The van der Waals surface area contributed by atoms with E-state index < -0.39 is 23.1 Å². The molecule has 1 aromatic carbocycles. The zero-order valence-corrected chi connectivity index (χ0v) is 18.9. The zero-order chi connectivity index (χ0) is 21.3. The van der Waals surface area contributed by atoms with Crippen LogP contribution in [0.2, 0.25) is 0 Å². The number of carboxylic acid groups (broad SMARTS) is 1. The number of nitrogens with one attached hydrogen (secondary N) is 1. The normalized spacial score (nSPS) is 19.7. The van der Waals surface area contributed by atoms with Crippen LogP contribution in [0.5, 0.6) is 0 Å². The lowest BCUT2D eigenvalue weighted by molar-refractivity contribution is 0.0487. The molecule has 0 saturated heterocycles. The number of hydrogen-bond donors (Lipinski definition) is 2. The van der Waals surface area contributed by atoms with Gasteiger partial charge in [-0.25, -0.2) is 9.59 Å². The number of carbonyl (C=O) groups excluding carboxylic acids is 1. The first-order valence-corrected chi connectivity index (χ1v) is 10.7. The van der Waals surface area contributed by atoms with Crippen LogP contribution in [0.25, 0.3) is 10.9 Å². The molecule has 0 atom stereocenters. The Bertz CT molecular complexity index is 1000. The molecule has 156 valence electrons. The van der Waals surface area contributed by atoms with Gasteiger partial charge in [-0.3, -0.25) is 4.79 Å². The van der Waals surface area contributed by atoms with E-state index in [1.165, 1.54) is 6.20 Å². The second kappa shape index (κ2) is 8.33. The van der Waals surface area contributed by atoms with Crippen LogP contribution in [-0.2, 0) is 4.74 Å². The highest BCUT2D eigenvalue weighted by Gasteiger charge is 2.27. The molecular formula is C21H25IN2O5. The van der Waals surface area contributed by atoms with Crippen molar-refractivity contribution in [2.45, 2.75) is 64.1 Å². The minimum Gasteiger partial charge on any atom is -0.477 e. The van der Waals surface area contributed by atoms with Gasteiger partial charge in [0.1, 0.15) is 11.2 Å². The first-order chi connectivity index (χ1) is 13.5. The fourth-order valence-corrected chi connectivity index (χ4v) is 4.22. The van der Waals surface area contributed by atoms with Gasteiger partial charge in [0.25, 0.3) is 0 Å². The van der Waals surface area contributed by atoms with Gasteiger partial charge < -0.3 is 19.7 Å². The third-order valence-corrected chi connectivity index (χ3v) is 5.71. The van der Waals surface area contributed by atoms with Gasteiger partial charge in [0, 0.05) is 27.2 Å². The average molecular weight is 512 g/mol. The molecule has 1 aliphatic rings. The SMILES string of the molecule is CC(C)(C)OC(=O)N[C@H]1CC[C@H](n2cc(C(=O)O)c(=O)c3ccc(I)cc32)CC1. The molecule has 0 radical (unpaired) electrons. The summed E-state index contributed by atoms with van der Waals surface area (Å²) in [5, 5.41) is 12.8. The number of benzene rings is 1. The molecular weight excluding hydrogens is 487 g/mol. The van der Waals surface area contributed by atoms with Crippen molar-refractivity contribution in [1.29, 1.82) is 0 Å². The van der Waals surface area contributed by atoms with Crippen molar-refractivity contribution >= 4 is 45.6 Å². The number of aromatic carboxylic acids is 1. The van der Waals surface area contributed by atoms with E-state index in [1.807, 2.05) is 37.5 Å². The molecule has 1 amide bonds. The molecule has 8 heteroatoms. The Hall–Kier alpha value is -2.10. The maximum absolute atomic E-state index is 12.5. The standard InChI is InChI=1S/C21H25IN2O5/c1-21(2,3)29-20(28)23-13-5-7-14(8-6-13)24-11-16(19(26)27)18(25)15-9-4-12(22)10-17(15)24/h4,9-11,13-14H,5-8H2,1-3H3,(H,23,28)(H,26,27)/t13-,14-. The predicted octanol–water partition coefficient (Wildman–Crippen LogP) is 4.31. The van der Waals surface area contributed by atoms with Crippen molar-refractivity contribution in [3.63, 3.8) is 0 Å². The fourth-order valence-electron chi connectivity index (χ4n) is 3.75. The third kappa shape index (κ3) is 5.09. The quantitative estimate of drug-likeness (QED) is 0.598. The van der Waals surface area contributed by atoms with Gasteiger partial charge in [-0.05, 0) is 87.2 Å². The van der Waals surface area contributed by atoms with Crippen LogP contribution in [0, 0.1) is 3.57 Å². The first kappa shape index (κ1) is 21.6. The highest BCUT2D eigenvalue weighted by molar-refractivity contribution is 14.1. The van der Waals surface area contributed by atoms with Gasteiger partial charge >= 0.3 is 12.1 Å². The highest BCUT2D eigenvalue weighted by atomic mass is 127. The summed E-state index contributed by atoms with van der Waals surface area (Å²) in [6.45, 7) is 5.48. The number of rotatable bonds is 3. The van der Waals surface area contributed by atoms with Crippen LogP contribution in [-0.4, -0.2) is 33.4 Å². The van der Waals surface area contributed by atoms with Crippen molar-refractivity contribution in [2.24, 2.45) is 0 Å². The molecule has 0 unspecified atom stereocenters. The molecule has 0 bridgehead atoms. The summed E-state index contributed by atoms with van der Waals surface area (Å²) in [5.41, 5.74) is -0.468. The molecule has 1 saturated carbocycles. The van der Waals surface area contributed by atoms with Crippen LogP contribution >= 0.6 is 22.6 Å². The van der Waals surface area contributed by atoms with Gasteiger partial charge in [-0.1, -0.05) is 0 Å². The number of amides is 1. The second-order valence-electron chi connectivity index (χ2n) is 8.40. The Kier molecular flexibility index (Phi) is 6.21. The van der Waals surface area contributed by atoms with Crippen LogP contribution < -0.4 is 10.7 Å². The maximum Gasteiger partial charge on any atom is 0.407 e. The smallest absolute Gasteiger partial charge is 0.407 e. The van der Waals surface area contributed by atoms with Crippen molar-refractivity contribution in [2.75, 3.05) is 0 Å². The van der Waals surface area contributed by atoms with Crippen LogP contribution in [0.15, 0.2) is 29.2 Å². The van der Waals surface area contributed by atoms with Gasteiger partial charge in [0.15, 0.2) is 0 Å². The molecule has 1 fully saturated rings. The van der Waals surface area contributed by atoms with Gasteiger partial charge in [-0.2, -0.15) is 0 Å². The number of carbonyl (C=O) groups is 2. The lowest BCUT2D eigenvalue weighted by atomic mass is 9.90. The fraction of sp³-hybridized carbons (Fsp3) is 0.476. The summed E-state index contributed by atoms with van der Waals surface area (Å²) < 4.78 is 8.22. The van der Waals surface area contributed by atoms with E-state index in [1.54, 1.807) is 6.07 Å². The molecule has 1 aromatic heterocycles.